The van der Waals surface area contributed by atoms with Gasteiger partial charge in [-0.3, -0.25) is 9.59 Å². The first-order chi connectivity index (χ1) is 13.0. The molecule has 150 valence electrons. The largest absolute Gasteiger partial charge is 0.492 e. The molecule has 1 saturated carbocycles. The Morgan fingerprint density at radius 3 is 2.74 bits per heavy atom. The highest BCUT2D eigenvalue weighted by molar-refractivity contribution is 9.10. The van der Waals surface area contributed by atoms with Gasteiger partial charge in [0.25, 0.3) is 0 Å². The van der Waals surface area contributed by atoms with Crippen LogP contribution in [0, 0.1) is 11.8 Å². The second-order valence-electron chi connectivity index (χ2n) is 7.05. The van der Waals surface area contributed by atoms with Crippen molar-refractivity contribution in [2.45, 2.75) is 51.9 Å². The molecule has 5 nitrogen and oxygen atoms in total. The average Bonchev–Trinajstić information content (AvgIpc) is 2.70. The van der Waals surface area contributed by atoms with E-state index in [4.69, 9.17) is 9.47 Å². The minimum atomic E-state index is -0.151. The van der Waals surface area contributed by atoms with E-state index in [9.17, 15) is 9.59 Å². The quantitative estimate of drug-likeness (QED) is 0.460. The second kappa shape index (κ2) is 11.3. The number of aryl methyl sites for hydroxylation is 1. The number of esters is 1. The molecule has 1 aromatic rings. The van der Waals surface area contributed by atoms with Crippen LogP contribution in [0.1, 0.15) is 51.0 Å². The minimum absolute atomic E-state index is 0.00758. The van der Waals surface area contributed by atoms with Crippen molar-refractivity contribution in [3.63, 3.8) is 0 Å². The van der Waals surface area contributed by atoms with Gasteiger partial charge in [0, 0.05) is 13.0 Å². The van der Waals surface area contributed by atoms with Crippen LogP contribution in [-0.2, 0) is 20.7 Å². The number of carbonyl (C=O) groups is 2. The van der Waals surface area contributed by atoms with Crippen LogP contribution < -0.4 is 10.1 Å². The van der Waals surface area contributed by atoms with Crippen LogP contribution in [0.15, 0.2) is 22.7 Å². The number of nitrogens with one attached hydrogen (secondary N) is 1. The van der Waals surface area contributed by atoms with E-state index < -0.39 is 0 Å². The summed E-state index contributed by atoms with van der Waals surface area (Å²) >= 11 is 3.52. The molecule has 1 N–H and O–H groups in total. The molecule has 1 aliphatic carbocycles. The highest BCUT2D eigenvalue weighted by atomic mass is 79.9. The molecule has 0 spiro atoms. The molecule has 6 heteroatoms. The average molecular weight is 440 g/mol. The summed E-state index contributed by atoms with van der Waals surface area (Å²) in [6.45, 7) is 3.15. The Morgan fingerprint density at radius 1 is 1.26 bits per heavy atom. The van der Waals surface area contributed by atoms with Crippen molar-refractivity contribution < 1.29 is 19.1 Å². The fourth-order valence-electron chi connectivity index (χ4n) is 3.54. The number of carbonyl (C=O) groups excluding carboxylic acids is 2. The lowest BCUT2D eigenvalue weighted by molar-refractivity contribution is -0.148. The summed E-state index contributed by atoms with van der Waals surface area (Å²) in [5, 5.41) is 2.97. The number of benzene rings is 1. The molecule has 0 aromatic heterocycles. The van der Waals surface area contributed by atoms with Crippen LogP contribution in [0.3, 0.4) is 0 Å². The van der Waals surface area contributed by atoms with Crippen molar-refractivity contribution in [1.29, 1.82) is 0 Å². The van der Waals surface area contributed by atoms with Crippen LogP contribution in [0.25, 0.3) is 0 Å². The highest BCUT2D eigenvalue weighted by Crippen LogP contribution is 2.30. The standard InChI is InChI=1S/C21H30BrNO4/c1-3-15-10-11-19(18(22)13-15)27-12-6-9-20(24)23-14-16-7-4-5-8-17(16)21(25)26-2/h10-11,13,16-17H,3-9,12,14H2,1-2H3,(H,23,24). The van der Waals surface area contributed by atoms with Crippen molar-refractivity contribution in [3.8, 4) is 5.75 Å². The SMILES string of the molecule is CCc1ccc(OCCCC(=O)NCC2CCCCC2C(=O)OC)c(Br)c1. The summed E-state index contributed by atoms with van der Waals surface area (Å²) in [6.07, 6.45) is 6.03. The molecule has 1 aromatic carbocycles. The zero-order valence-electron chi connectivity index (χ0n) is 16.3. The van der Waals surface area contributed by atoms with Crippen LogP contribution in [0.4, 0.5) is 0 Å². The zero-order valence-corrected chi connectivity index (χ0v) is 17.8. The van der Waals surface area contributed by atoms with E-state index in [1.54, 1.807) is 0 Å². The molecular formula is C21H30BrNO4. The lowest BCUT2D eigenvalue weighted by Gasteiger charge is -2.29. The number of rotatable bonds is 9. The summed E-state index contributed by atoms with van der Waals surface area (Å²) in [6, 6.07) is 6.07. The van der Waals surface area contributed by atoms with Gasteiger partial charge in [0.15, 0.2) is 0 Å². The molecule has 2 rings (SSSR count). The summed E-state index contributed by atoms with van der Waals surface area (Å²) in [4.78, 5) is 24.0. The van der Waals surface area contributed by atoms with Crippen molar-refractivity contribution in [2.24, 2.45) is 11.8 Å². The van der Waals surface area contributed by atoms with E-state index in [1.807, 2.05) is 6.07 Å². The maximum Gasteiger partial charge on any atom is 0.309 e. The third-order valence-electron chi connectivity index (χ3n) is 5.18. The molecule has 0 aliphatic heterocycles. The summed E-state index contributed by atoms with van der Waals surface area (Å²) < 4.78 is 11.6. The zero-order chi connectivity index (χ0) is 19.6. The fraction of sp³-hybridized carbons (Fsp3) is 0.619. The van der Waals surface area contributed by atoms with Crippen LogP contribution >= 0.6 is 15.9 Å². The van der Waals surface area contributed by atoms with E-state index in [-0.39, 0.29) is 23.7 Å². The van der Waals surface area contributed by atoms with E-state index in [2.05, 4.69) is 40.3 Å². The van der Waals surface area contributed by atoms with Gasteiger partial charge in [-0.25, -0.2) is 0 Å². The molecule has 1 fully saturated rings. The number of hydrogen-bond acceptors (Lipinski definition) is 4. The summed E-state index contributed by atoms with van der Waals surface area (Å²) in [5.74, 6) is 0.751. The Hall–Kier alpha value is -1.56. The van der Waals surface area contributed by atoms with Crippen molar-refractivity contribution in [3.05, 3.63) is 28.2 Å². The lowest BCUT2D eigenvalue weighted by Crippen LogP contribution is -2.37. The first-order valence-corrected chi connectivity index (χ1v) is 10.6. The minimum Gasteiger partial charge on any atom is -0.492 e. The predicted molar refractivity (Wildman–Crippen MR) is 109 cm³/mol. The lowest BCUT2D eigenvalue weighted by atomic mass is 9.79. The molecule has 0 radical (unpaired) electrons. The number of hydrogen-bond donors (Lipinski definition) is 1. The number of ether oxygens (including phenoxy) is 2. The normalized spacial score (nSPS) is 19.4. The Bertz CT molecular complexity index is 635. The number of amides is 1. The maximum atomic E-state index is 12.1. The molecule has 1 amide bonds. The van der Waals surface area contributed by atoms with Gasteiger partial charge in [-0.05, 0) is 65.2 Å². The highest BCUT2D eigenvalue weighted by Gasteiger charge is 2.31. The first kappa shape index (κ1) is 21.7. The van der Waals surface area contributed by atoms with Crippen molar-refractivity contribution >= 4 is 27.8 Å². The van der Waals surface area contributed by atoms with Gasteiger partial charge < -0.3 is 14.8 Å². The maximum absolute atomic E-state index is 12.1. The van der Waals surface area contributed by atoms with E-state index in [0.29, 0.717) is 26.0 Å². The van der Waals surface area contributed by atoms with Crippen molar-refractivity contribution in [2.75, 3.05) is 20.3 Å². The second-order valence-corrected chi connectivity index (χ2v) is 7.90. The third-order valence-corrected chi connectivity index (χ3v) is 5.80. The smallest absolute Gasteiger partial charge is 0.309 e. The summed E-state index contributed by atoms with van der Waals surface area (Å²) in [5.41, 5.74) is 1.25. The van der Waals surface area contributed by atoms with Gasteiger partial charge in [-0.2, -0.15) is 0 Å². The number of methoxy groups -OCH3 is 1. The Kier molecular flexibility index (Phi) is 9.11. The molecule has 2 atom stereocenters. The van der Waals surface area contributed by atoms with E-state index in [1.165, 1.54) is 12.7 Å². The predicted octanol–water partition coefficient (Wildman–Crippen LogP) is 4.27. The van der Waals surface area contributed by atoms with Gasteiger partial charge in [0.2, 0.25) is 5.91 Å². The Labute approximate surface area is 170 Å². The van der Waals surface area contributed by atoms with Gasteiger partial charge in [0.05, 0.1) is 24.1 Å². The molecule has 2 unspecified atom stereocenters. The fourth-order valence-corrected chi connectivity index (χ4v) is 4.08. The monoisotopic (exact) mass is 439 g/mol. The Morgan fingerprint density at radius 2 is 2.04 bits per heavy atom. The van der Waals surface area contributed by atoms with E-state index in [0.717, 1.165) is 42.3 Å². The third kappa shape index (κ3) is 6.83. The summed E-state index contributed by atoms with van der Waals surface area (Å²) in [7, 11) is 1.43. The number of halogens is 1. The van der Waals surface area contributed by atoms with Gasteiger partial charge in [0.1, 0.15) is 5.75 Å². The molecule has 1 aliphatic rings. The topological polar surface area (TPSA) is 64.6 Å². The van der Waals surface area contributed by atoms with Crippen LogP contribution in [-0.4, -0.2) is 32.1 Å². The van der Waals surface area contributed by atoms with Gasteiger partial charge >= 0.3 is 5.97 Å². The van der Waals surface area contributed by atoms with Gasteiger partial charge in [-0.15, -0.1) is 0 Å². The van der Waals surface area contributed by atoms with Crippen LogP contribution in [0.5, 0.6) is 5.75 Å². The molecule has 0 bridgehead atoms. The molecule has 0 saturated heterocycles. The van der Waals surface area contributed by atoms with E-state index >= 15 is 0 Å². The van der Waals surface area contributed by atoms with Crippen molar-refractivity contribution in [1.82, 2.24) is 5.32 Å². The van der Waals surface area contributed by atoms with Crippen LogP contribution in [0.2, 0.25) is 0 Å². The molecule has 0 heterocycles. The van der Waals surface area contributed by atoms with Gasteiger partial charge in [-0.1, -0.05) is 25.8 Å². The Balaban J connectivity index is 1.68. The molecule has 27 heavy (non-hydrogen) atoms. The molecular weight excluding hydrogens is 410 g/mol. The first-order valence-electron chi connectivity index (χ1n) is 9.80.